The summed E-state index contributed by atoms with van der Waals surface area (Å²) in [6.07, 6.45) is 2.12. The highest BCUT2D eigenvalue weighted by Crippen LogP contribution is 2.30. The lowest BCUT2D eigenvalue weighted by molar-refractivity contribution is -0.142. The molecule has 0 atom stereocenters. The standard InChI is InChI=1S/C16H21Cl2NO2/c1-16(2,3)21-10-15(20)19(12-5-6-12)9-11-4-7-13(17)14(18)8-11/h4,7-8,12H,5-6,9-10H2,1-3H3. The van der Waals surface area contributed by atoms with Gasteiger partial charge >= 0.3 is 0 Å². The maximum absolute atomic E-state index is 12.4. The fourth-order valence-electron chi connectivity index (χ4n) is 2.00. The van der Waals surface area contributed by atoms with Gasteiger partial charge in [0.2, 0.25) is 5.91 Å². The number of halogens is 2. The fourth-order valence-corrected chi connectivity index (χ4v) is 2.32. The first-order valence-corrected chi connectivity index (χ1v) is 7.89. The highest BCUT2D eigenvalue weighted by atomic mass is 35.5. The van der Waals surface area contributed by atoms with Crippen molar-refractivity contribution < 1.29 is 9.53 Å². The van der Waals surface area contributed by atoms with Gasteiger partial charge in [-0.25, -0.2) is 0 Å². The van der Waals surface area contributed by atoms with Crippen LogP contribution in [0.2, 0.25) is 10.0 Å². The van der Waals surface area contributed by atoms with Crippen LogP contribution >= 0.6 is 23.2 Å². The third kappa shape index (κ3) is 5.17. The number of ether oxygens (including phenoxy) is 1. The number of carbonyl (C=O) groups is 1. The van der Waals surface area contributed by atoms with Gasteiger partial charge in [0.05, 0.1) is 15.6 Å². The van der Waals surface area contributed by atoms with Gasteiger partial charge in [0.25, 0.3) is 0 Å². The zero-order chi connectivity index (χ0) is 15.6. The average Bonchev–Trinajstić information content (AvgIpc) is 3.20. The smallest absolute Gasteiger partial charge is 0.249 e. The first-order chi connectivity index (χ1) is 9.76. The van der Waals surface area contributed by atoms with E-state index in [4.69, 9.17) is 27.9 Å². The van der Waals surface area contributed by atoms with E-state index in [0.29, 0.717) is 22.6 Å². The topological polar surface area (TPSA) is 29.5 Å². The zero-order valence-electron chi connectivity index (χ0n) is 12.7. The van der Waals surface area contributed by atoms with Crippen LogP contribution in [0.5, 0.6) is 0 Å². The van der Waals surface area contributed by atoms with E-state index < -0.39 is 0 Å². The number of nitrogens with zero attached hydrogens (tertiary/aromatic N) is 1. The molecule has 0 N–H and O–H groups in total. The molecule has 0 radical (unpaired) electrons. The summed E-state index contributed by atoms with van der Waals surface area (Å²) in [5.41, 5.74) is 0.675. The molecule has 1 fully saturated rings. The van der Waals surface area contributed by atoms with Crippen molar-refractivity contribution in [1.29, 1.82) is 0 Å². The van der Waals surface area contributed by atoms with Crippen LogP contribution in [0.3, 0.4) is 0 Å². The van der Waals surface area contributed by atoms with Crippen LogP contribution in [-0.2, 0) is 16.1 Å². The summed E-state index contributed by atoms with van der Waals surface area (Å²) in [4.78, 5) is 14.2. The van der Waals surface area contributed by atoms with Gasteiger partial charge in [-0.3, -0.25) is 4.79 Å². The Hall–Kier alpha value is -0.770. The normalized spacial score (nSPS) is 15.1. The van der Waals surface area contributed by atoms with Crippen LogP contribution < -0.4 is 0 Å². The molecule has 0 aliphatic heterocycles. The SMILES string of the molecule is CC(C)(C)OCC(=O)N(Cc1ccc(Cl)c(Cl)c1)C1CC1. The third-order valence-electron chi connectivity index (χ3n) is 3.27. The second-order valence-corrected chi connectivity index (χ2v) is 7.22. The molecule has 1 aromatic carbocycles. The molecule has 2 rings (SSSR count). The van der Waals surface area contributed by atoms with Crippen LogP contribution in [0.25, 0.3) is 0 Å². The minimum absolute atomic E-state index is 0.0264. The van der Waals surface area contributed by atoms with Crippen molar-refractivity contribution in [3.63, 3.8) is 0 Å². The Morgan fingerprint density at radius 1 is 1.29 bits per heavy atom. The van der Waals surface area contributed by atoms with E-state index in [9.17, 15) is 4.79 Å². The van der Waals surface area contributed by atoms with Crippen molar-refractivity contribution >= 4 is 29.1 Å². The fraction of sp³-hybridized carbons (Fsp3) is 0.562. The van der Waals surface area contributed by atoms with E-state index in [1.54, 1.807) is 6.07 Å². The first-order valence-electron chi connectivity index (χ1n) is 7.13. The Balaban J connectivity index is 2.02. The maximum Gasteiger partial charge on any atom is 0.249 e. The molecule has 0 heterocycles. The molecule has 1 aromatic rings. The predicted octanol–water partition coefficient (Wildman–Crippen LogP) is 4.30. The largest absolute Gasteiger partial charge is 0.366 e. The van der Waals surface area contributed by atoms with Crippen LogP contribution in [0.1, 0.15) is 39.2 Å². The van der Waals surface area contributed by atoms with Gasteiger partial charge in [0.15, 0.2) is 0 Å². The van der Waals surface area contributed by atoms with E-state index in [1.807, 2.05) is 37.8 Å². The molecule has 1 saturated carbocycles. The van der Waals surface area contributed by atoms with Crippen molar-refractivity contribution in [2.75, 3.05) is 6.61 Å². The summed E-state index contributed by atoms with van der Waals surface area (Å²) < 4.78 is 5.59. The highest BCUT2D eigenvalue weighted by molar-refractivity contribution is 6.42. The molecule has 0 saturated heterocycles. The van der Waals surface area contributed by atoms with E-state index in [0.717, 1.165) is 18.4 Å². The maximum atomic E-state index is 12.4. The molecule has 5 heteroatoms. The molecule has 0 spiro atoms. The van der Waals surface area contributed by atoms with E-state index in [1.165, 1.54) is 0 Å². The van der Waals surface area contributed by atoms with Gasteiger partial charge in [-0.2, -0.15) is 0 Å². The minimum atomic E-state index is -0.311. The van der Waals surface area contributed by atoms with Gasteiger partial charge in [-0.1, -0.05) is 29.3 Å². The zero-order valence-corrected chi connectivity index (χ0v) is 14.2. The number of benzene rings is 1. The molecular formula is C16H21Cl2NO2. The van der Waals surface area contributed by atoms with Crippen LogP contribution in [0, 0.1) is 0 Å². The lowest BCUT2D eigenvalue weighted by Gasteiger charge is -2.25. The summed E-state index contributed by atoms with van der Waals surface area (Å²) in [5.74, 6) is 0.0264. The summed E-state index contributed by atoms with van der Waals surface area (Å²) >= 11 is 12.0. The van der Waals surface area contributed by atoms with Gasteiger partial charge in [0.1, 0.15) is 6.61 Å². The Kier molecular flexibility index (Phi) is 5.18. The minimum Gasteiger partial charge on any atom is -0.366 e. The number of rotatable bonds is 5. The predicted molar refractivity (Wildman–Crippen MR) is 85.7 cm³/mol. The molecule has 3 nitrogen and oxygen atoms in total. The molecule has 1 aliphatic carbocycles. The number of hydrogen-bond acceptors (Lipinski definition) is 2. The quantitative estimate of drug-likeness (QED) is 0.806. The number of hydrogen-bond donors (Lipinski definition) is 0. The van der Waals surface area contributed by atoms with Crippen LogP contribution in [-0.4, -0.2) is 29.1 Å². The van der Waals surface area contributed by atoms with Crippen molar-refractivity contribution in [3.05, 3.63) is 33.8 Å². The highest BCUT2D eigenvalue weighted by Gasteiger charge is 2.33. The molecule has 21 heavy (non-hydrogen) atoms. The molecule has 116 valence electrons. The van der Waals surface area contributed by atoms with E-state index >= 15 is 0 Å². The number of amides is 1. The molecule has 0 unspecified atom stereocenters. The molecule has 1 amide bonds. The van der Waals surface area contributed by atoms with Gasteiger partial charge in [-0.15, -0.1) is 0 Å². The van der Waals surface area contributed by atoms with E-state index in [2.05, 4.69) is 0 Å². The monoisotopic (exact) mass is 329 g/mol. The summed E-state index contributed by atoms with van der Waals surface area (Å²) in [6.45, 7) is 6.50. The molecule has 0 aromatic heterocycles. The van der Waals surface area contributed by atoms with E-state index in [-0.39, 0.29) is 18.1 Å². The van der Waals surface area contributed by atoms with Crippen molar-refractivity contribution in [2.24, 2.45) is 0 Å². The molecular weight excluding hydrogens is 309 g/mol. The first kappa shape index (κ1) is 16.6. The second kappa shape index (κ2) is 6.55. The van der Waals surface area contributed by atoms with Gasteiger partial charge < -0.3 is 9.64 Å². The average molecular weight is 330 g/mol. The Labute approximate surface area is 136 Å². The lowest BCUT2D eigenvalue weighted by Crippen LogP contribution is -2.37. The summed E-state index contributed by atoms with van der Waals surface area (Å²) in [7, 11) is 0. The van der Waals surface area contributed by atoms with Crippen molar-refractivity contribution in [3.8, 4) is 0 Å². The number of carbonyl (C=O) groups excluding carboxylic acids is 1. The van der Waals surface area contributed by atoms with Gasteiger partial charge in [0, 0.05) is 12.6 Å². The summed E-state index contributed by atoms with van der Waals surface area (Å²) in [6, 6.07) is 5.81. The Morgan fingerprint density at radius 3 is 2.48 bits per heavy atom. The third-order valence-corrected chi connectivity index (χ3v) is 4.01. The summed E-state index contributed by atoms with van der Waals surface area (Å²) in [5, 5.41) is 1.05. The second-order valence-electron chi connectivity index (χ2n) is 6.40. The van der Waals surface area contributed by atoms with Crippen LogP contribution in [0.4, 0.5) is 0 Å². The Bertz CT molecular complexity index is 521. The molecule has 1 aliphatic rings. The lowest BCUT2D eigenvalue weighted by atomic mass is 10.2. The van der Waals surface area contributed by atoms with Crippen molar-refractivity contribution in [2.45, 2.75) is 51.8 Å². The van der Waals surface area contributed by atoms with Crippen LogP contribution in [0.15, 0.2) is 18.2 Å². The van der Waals surface area contributed by atoms with Gasteiger partial charge in [-0.05, 0) is 51.3 Å². The molecule has 0 bridgehead atoms. The van der Waals surface area contributed by atoms with Crippen molar-refractivity contribution in [1.82, 2.24) is 4.90 Å². The Morgan fingerprint density at radius 2 is 1.95 bits per heavy atom.